The second kappa shape index (κ2) is 5.69. The molecule has 1 aromatic rings. The summed E-state index contributed by atoms with van der Waals surface area (Å²) in [5.74, 6) is 1.26. The number of likely N-dealkylation sites (tertiary alicyclic amines) is 1. The summed E-state index contributed by atoms with van der Waals surface area (Å²) < 4.78 is 0. The molecule has 1 aliphatic heterocycles. The third-order valence-corrected chi connectivity index (χ3v) is 3.67. The van der Waals surface area contributed by atoms with E-state index in [1.807, 2.05) is 6.20 Å². The molecule has 94 valence electrons. The first-order chi connectivity index (χ1) is 8.19. The summed E-state index contributed by atoms with van der Waals surface area (Å²) in [7, 11) is 4.34. The Bertz CT molecular complexity index is 369. The van der Waals surface area contributed by atoms with Crippen LogP contribution in [0.2, 0.25) is 0 Å². The highest BCUT2D eigenvalue weighted by atomic mass is 35.5. The quantitative estimate of drug-likeness (QED) is 0.767. The normalized spacial score (nSPS) is 20.8. The van der Waals surface area contributed by atoms with Gasteiger partial charge in [-0.25, -0.2) is 0 Å². The van der Waals surface area contributed by atoms with E-state index in [2.05, 4.69) is 41.0 Å². The van der Waals surface area contributed by atoms with E-state index in [0.717, 1.165) is 18.2 Å². The van der Waals surface area contributed by atoms with Crippen molar-refractivity contribution in [2.24, 2.45) is 5.92 Å². The van der Waals surface area contributed by atoms with Crippen molar-refractivity contribution >= 4 is 17.3 Å². The zero-order chi connectivity index (χ0) is 12.3. The van der Waals surface area contributed by atoms with E-state index in [0.29, 0.717) is 5.88 Å². The van der Waals surface area contributed by atoms with Gasteiger partial charge in [0.25, 0.3) is 0 Å². The van der Waals surface area contributed by atoms with Crippen LogP contribution in [0.3, 0.4) is 0 Å². The monoisotopic (exact) mass is 253 g/mol. The molecule has 1 atom stereocenters. The molecule has 0 aromatic carbocycles. The largest absolute Gasteiger partial charge is 0.374 e. The summed E-state index contributed by atoms with van der Waals surface area (Å²) in [6.07, 6.45) is 3.14. The van der Waals surface area contributed by atoms with Gasteiger partial charge in [-0.15, -0.1) is 11.6 Å². The highest BCUT2D eigenvalue weighted by Crippen LogP contribution is 2.20. The molecule has 1 saturated heterocycles. The van der Waals surface area contributed by atoms with Crippen molar-refractivity contribution in [3.8, 4) is 0 Å². The van der Waals surface area contributed by atoms with E-state index in [1.165, 1.54) is 25.2 Å². The van der Waals surface area contributed by atoms with E-state index in [-0.39, 0.29) is 0 Å². The van der Waals surface area contributed by atoms with Crippen LogP contribution in [0.25, 0.3) is 0 Å². The molecular weight excluding hydrogens is 234 g/mol. The number of anilines is 1. The Morgan fingerprint density at radius 2 is 2.41 bits per heavy atom. The van der Waals surface area contributed by atoms with Crippen LogP contribution in [0.1, 0.15) is 12.1 Å². The van der Waals surface area contributed by atoms with E-state index >= 15 is 0 Å². The number of nitrogens with zero attached hydrogens (tertiary/aromatic N) is 3. The molecule has 0 aliphatic carbocycles. The van der Waals surface area contributed by atoms with Crippen LogP contribution in [0, 0.1) is 5.92 Å². The molecule has 0 spiro atoms. The Hall–Kier alpha value is -0.800. The van der Waals surface area contributed by atoms with Gasteiger partial charge in [0.05, 0.1) is 11.6 Å². The molecule has 0 saturated carbocycles. The zero-order valence-electron chi connectivity index (χ0n) is 10.6. The maximum Gasteiger partial charge on any atom is 0.0648 e. The Labute approximate surface area is 108 Å². The molecule has 1 fully saturated rings. The average molecular weight is 254 g/mol. The van der Waals surface area contributed by atoms with Crippen molar-refractivity contribution < 1.29 is 0 Å². The molecule has 0 radical (unpaired) electrons. The number of hydrogen-bond acceptors (Lipinski definition) is 3. The number of hydrogen-bond donors (Lipinski definition) is 0. The lowest BCUT2D eigenvalue weighted by atomic mass is 10.1. The van der Waals surface area contributed by atoms with Crippen LogP contribution in [0.5, 0.6) is 0 Å². The van der Waals surface area contributed by atoms with E-state index in [1.54, 1.807) is 0 Å². The second-order valence-corrected chi connectivity index (χ2v) is 5.20. The van der Waals surface area contributed by atoms with Gasteiger partial charge in [-0.2, -0.15) is 0 Å². The van der Waals surface area contributed by atoms with Gasteiger partial charge in [-0.3, -0.25) is 4.98 Å². The van der Waals surface area contributed by atoms with Crippen molar-refractivity contribution in [3.63, 3.8) is 0 Å². The van der Waals surface area contributed by atoms with Crippen molar-refractivity contribution in [2.45, 2.75) is 12.3 Å². The highest BCUT2D eigenvalue weighted by Gasteiger charge is 2.20. The Morgan fingerprint density at radius 3 is 3.06 bits per heavy atom. The Morgan fingerprint density at radius 1 is 1.59 bits per heavy atom. The summed E-state index contributed by atoms with van der Waals surface area (Å²) >= 11 is 5.81. The van der Waals surface area contributed by atoms with Gasteiger partial charge in [0, 0.05) is 32.0 Å². The Balaban J connectivity index is 1.96. The minimum absolute atomic E-state index is 0.480. The third kappa shape index (κ3) is 3.33. The Kier molecular flexibility index (Phi) is 4.24. The SMILES string of the molecule is CN1CCC(CN(C)c2ccnc(CCl)c2)C1. The van der Waals surface area contributed by atoms with Crippen LogP contribution in [0.15, 0.2) is 18.3 Å². The topological polar surface area (TPSA) is 19.4 Å². The van der Waals surface area contributed by atoms with Crippen LogP contribution < -0.4 is 4.90 Å². The molecule has 4 heteroatoms. The summed E-state index contributed by atoms with van der Waals surface area (Å²) in [6.45, 7) is 3.54. The van der Waals surface area contributed by atoms with Gasteiger partial charge in [-0.05, 0) is 38.1 Å². The van der Waals surface area contributed by atoms with E-state index < -0.39 is 0 Å². The van der Waals surface area contributed by atoms with Crippen molar-refractivity contribution in [1.29, 1.82) is 0 Å². The zero-order valence-corrected chi connectivity index (χ0v) is 11.3. The second-order valence-electron chi connectivity index (χ2n) is 4.94. The number of alkyl halides is 1. The highest BCUT2D eigenvalue weighted by molar-refractivity contribution is 6.16. The molecule has 0 N–H and O–H groups in total. The van der Waals surface area contributed by atoms with Gasteiger partial charge in [-0.1, -0.05) is 0 Å². The molecule has 17 heavy (non-hydrogen) atoms. The van der Waals surface area contributed by atoms with Gasteiger partial charge in [0.15, 0.2) is 0 Å². The van der Waals surface area contributed by atoms with Crippen molar-refractivity contribution in [1.82, 2.24) is 9.88 Å². The fourth-order valence-corrected chi connectivity index (χ4v) is 2.59. The lowest BCUT2D eigenvalue weighted by Gasteiger charge is -2.23. The first-order valence-electron chi connectivity index (χ1n) is 6.09. The van der Waals surface area contributed by atoms with Gasteiger partial charge >= 0.3 is 0 Å². The number of pyridine rings is 1. The lowest BCUT2D eigenvalue weighted by Crippen LogP contribution is -2.27. The molecule has 3 nitrogen and oxygen atoms in total. The molecule has 1 unspecified atom stereocenters. The molecule has 0 bridgehead atoms. The molecule has 1 aliphatic rings. The minimum Gasteiger partial charge on any atom is -0.374 e. The number of rotatable bonds is 4. The summed E-state index contributed by atoms with van der Waals surface area (Å²) in [5, 5.41) is 0. The fourth-order valence-electron chi connectivity index (χ4n) is 2.44. The van der Waals surface area contributed by atoms with E-state index in [9.17, 15) is 0 Å². The van der Waals surface area contributed by atoms with Crippen LogP contribution in [-0.4, -0.2) is 43.6 Å². The summed E-state index contributed by atoms with van der Waals surface area (Å²) in [5.41, 5.74) is 2.16. The molecule has 0 amide bonds. The van der Waals surface area contributed by atoms with Gasteiger partial charge in [0.2, 0.25) is 0 Å². The predicted octanol–water partition coefficient (Wildman–Crippen LogP) is 2.21. The van der Waals surface area contributed by atoms with Crippen LogP contribution in [-0.2, 0) is 5.88 Å². The maximum atomic E-state index is 5.81. The molecular formula is C13H20ClN3. The van der Waals surface area contributed by atoms with Crippen LogP contribution in [0.4, 0.5) is 5.69 Å². The average Bonchev–Trinajstić information content (AvgIpc) is 2.75. The predicted molar refractivity (Wildman–Crippen MR) is 72.7 cm³/mol. The summed E-state index contributed by atoms with van der Waals surface area (Å²) in [4.78, 5) is 8.92. The minimum atomic E-state index is 0.480. The lowest BCUT2D eigenvalue weighted by molar-refractivity contribution is 0.396. The first kappa shape index (κ1) is 12.7. The maximum absolute atomic E-state index is 5.81. The van der Waals surface area contributed by atoms with Crippen molar-refractivity contribution in [3.05, 3.63) is 24.0 Å². The van der Waals surface area contributed by atoms with E-state index in [4.69, 9.17) is 11.6 Å². The van der Waals surface area contributed by atoms with Gasteiger partial charge in [0.1, 0.15) is 0 Å². The van der Waals surface area contributed by atoms with Crippen LogP contribution >= 0.6 is 11.6 Å². The van der Waals surface area contributed by atoms with Gasteiger partial charge < -0.3 is 9.80 Å². The van der Waals surface area contributed by atoms with Crippen molar-refractivity contribution in [2.75, 3.05) is 38.6 Å². The molecule has 1 aromatic heterocycles. The summed E-state index contributed by atoms with van der Waals surface area (Å²) in [6, 6.07) is 4.13. The fraction of sp³-hybridized carbons (Fsp3) is 0.615. The number of aromatic nitrogens is 1. The molecule has 2 rings (SSSR count). The first-order valence-corrected chi connectivity index (χ1v) is 6.63. The molecule has 2 heterocycles. The standard InChI is InChI=1S/C13H20ClN3/c1-16-6-4-11(9-16)10-17(2)13-3-5-15-12(7-13)8-14/h3,5,7,11H,4,6,8-10H2,1-2H3. The smallest absolute Gasteiger partial charge is 0.0648 e. The third-order valence-electron chi connectivity index (χ3n) is 3.40. The number of halogens is 1.